The first-order valence-corrected chi connectivity index (χ1v) is 26.5. The van der Waals surface area contributed by atoms with Crippen molar-refractivity contribution in [2.75, 3.05) is 24.6 Å². The van der Waals surface area contributed by atoms with Crippen LogP contribution in [0.15, 0.2) is 0 Å². The molecule has 0 spiro atoms. The molecule has 0 aliphatic heterocycles. The molecule has 0 aliphatic carbocycles. The van der Waals surface area contributed by atoms with Crippen molar-refractivity contribution in [1.82, 2.24) is 3.48 Å². The van der Waals surface area contributed by atoms with Gasteiger partial charge in [0, 0.05) is 0 Å². The van der Waals surface area contributed by atoms with Crippen molar-refractivity contribution >= 4 is 26.8 Å². The van der Waals surface area contributed by atoms with Crippen LogP contribution in [0.25, 0.3) is 0 Å². The molecule has 316 valence electrons. The summed E-state index contributed by atoms with van der Waals surface area (Å²) >= 11 is 0. The van der Waals surface area contributed by atoms with Crippen molar-refractivity contribution < 1.29 is 43.2 Å². The summed E-state index contributed by atoms with van der Waals surface area (Å²) in [5, 5.41) is 0. The molecule has 52 heavy (non-hydrogen) atoms. The van der Waals surface area contributed by atoms with Gasteiger partial charge in [0.05, 0.1) is 0 Å². The fraction of sp³-hybridized carbons (Fsp3) is 1.00. The van der Waals surface area contributed by atoms with E-state index in [2.05, 4.69) is 6.92 Å². The molecule has 0 radical (unpaired) electrons. The van der Waals surface area contributed by atoms with Crippen LogP contribution in [-0.2, 0) is 20.0 Å². The summed E-state index contributed by atoms with van der Waals surface area (Å²) in [7, 11) is -14.0. The van der Waals surface area contributed by atoms with Crippen molar-refractivity contribution in [3.05, 3.63) is 0 Å². The monoisotopic (exact) mass is 819 g/mol. The van der Waals surface area contributed by atoms with E-state index in [4.69, 9.17) is 0 Å². The zero-order valence-corrected chi connectivity index (χ0v) is 36.3. The summed E-state index contributed by atoms with van der Waals surface area (Å²) in [6.07, 6.45) is 14.6. The molecule has 0 saturated heterocycles. The Labute approximate surface area is 315 Å². The molecule has 0 N–H and O–H groups in total. The average Bonchev–Trinajstić information content (AvgIpc) is 3.06. The van der Waals surface area contributed by atoms with E-state index in [1.807, 2.05) is 41.5 Å². The van der Waals surface area contributed by atoms with Crippen molar-refractivity contribution in [2.45, 2.75) is 201 Å². The van der Waals surface area contributed by atoms with Gasteiger partial charge in [-0.15, -0.1) is 0 Å². The molecule has 14 heteroatoms. The van der Waals surface area contributed by atoms with Crippen LogP contribution in [0.4, 0.5) is 26.3 Å². The second-order valence-electron chi connectivity index (χ2n) is 15.7. The van der Waals surface area contributed by atoms with Crippen LogP contribution in [-0.4, -0.2) is 56.0 Å². The van der Waals surface area contributed by atoms with Crippen molar-refractivity contribution in [3.63, 3.8) is 0 Å². The van der Waals surface area contributed by atoms with Gasteiger partial charge in [-0.3, -0.25) is 0 Å². The maximum atomic E-state index is 15.0. The van der Waals surface area contributed by atoms with E-state index in [-0.39, 0.29) is 31.1 Å². The molecule has 0 saturated carbocycles. The molecule has 0 fully saturated rings. The molecule has 0 aromatic heterocycles. The molecule has 5 nitrogen and oxygen atoms in total. The summed E-state index contributed by atoms with van der Waals surface area (Å²) in [6.45, 7) is 8.18. The molecule has 0 aliphatic rings. The van der Waals surface area contributed by atoms with E-state index in [1.165, 1.54) is 0 Å². The van der Waals surface area contributed by atoms with Gasteiger partial charge in [0.1, 0.15) is 0 Å². The summed E-state index contributed by atoms with van der Waals surface area (Å²) in [4.78, 5) is 0. The Bertz CT molecular complexity index is 1070. The average molecular weight is 820 g/mol. The molecular formula is C38H76F6NO4PS2. The fourth-order valence-electron chi connectivity index (χ4n) is 8.44. The van der Waals surface area contributed by atoms with Crippen molar-refractivity contribution in [1.29, 1.82) is 0 Å². The first-order valence-electron chi connectivity index (χ1n) is 20.7. The second kappa shape index (κ2) is 24.5. The number of alkyl halides is 6. The standard InChI is InChI=1S/C38H76F6NO4PS2/c1-8-15-19-20-21-22-23-24-25-26-30-50(31-34(12-5)27-16-9-2,32-35(13-6)28-17-10-3,33-36(14-7)29-18-11-4)45(51(46,47)37(39,40)41)52(48,49)38(42,43)44/h34-36H,8-33H2,1-7H3. The van der Waals surface area contributed by atoms with Gasteiger partial charge in [-0.1, -0.05) is 0 Å². The number of hydrogen-bond acceptors (Lipinski definition) is 4. The Kier molecular flexibility index (Phi) is 24.4. The Balaban J connectivity index is 8.17. The number of nitrogens with zero attached hydrogens (tertiary/aromatic N) is 1. The van der Waals surface area contributed by atoms with Gasteiger partial charge < -0.3 is 0 Å². The van der Waals surface area contributed by atoms with Gasteiger partial charge in [0.2, 0.25) is 0 Å². The van der Waals surface area contributed by atoms with E-state index in [1.54, 1.807) is 0 Å². The molecule has 0 amide bonds. The van der Waals surface area contributed by atoms with Gasteiger partial charge in [-0.2, -0.15) is 0 Å². The van der Waals surface area contributed by atoms with Crippen molar-refractivity contribution in [2.24, 2.45) is 17.8 Å². The first-order chi connectivity index (χ1) is 24.2. The van der Waals surface area contributed by atoms with E-state index in [0.29, 0.717) is 70.6 Å². The van der Waals surface area contributed by atoms with Gasteiger partial charge in [-0.05, 0) is 0 Å². The summed E-state index contributed by atoms with van der Waals surface area (Å²) in [6, 6.07) is 0. The molecule has 0 aromatic carbocycles. The van der Waals surface area contributed by atoms with Gasteiger partial charge in [0.15, 0.2) is 0 Å². The fourth-order valence-corrected chi connectivity index (χ4v) is 25.3. The van der Waals surface area contributed by atoms with Crippen LogP contribution >= 0.6 is 6.75 Å². The molecular weight excluding hydrogens is 744 g/mol. The number of sulfonamides is 2. The van der Waals surface area contributed by atoms with Gasteiger partial charge in [0.25, 0.3) is 0 Å². The Morgan fingerprint density at radius 1 is 0.442 bits per heavy atom. The van der Waals surface area contributed by atoms with E-state index >= 15 is 0 Å². The number of unbranched alkanes of at least 4 members (excludes halogenated alkanes) is 12. The number of halogens is 6. The van der Waals surface area contributed by atoms with Crippen molar-refractivity contribution in [3.8, 4) is 0 Å². The van der Waals surface area contributed by atoms with Gasteiger partial charge >= 0.3 is 317 Å². The van der Waals surface area contributed by atoms with Crippen LogP contribution in [0, 0.1) is 17.8 Å². The Morgan fingerprint density at radius 2 is 0.712 bits per heavy atom. The minimum atomic E-state index is -7.00. The molecule has 3 atom stereocenters. The summed E-state index contributed by atoms with van der Waals surface area (Å²) < 4.78 is 145. The van der Waals surface area contributed by atoms with E-state index < -0.39 is 59.1 Å². The second-order valence-corrected chi connectivity index (χ2v) is 25.8. The minimum absolute atomic E-state index is 0.184. The summed E-state index contributed by atoms with van der Waals surface area (Å²) in [5.74, 6) is -1.28. The van der Waals surface area contributed by atoms with Crippen LogP contribution in [0.5, 0.6) is 0 Å². The SMILES string of the molecule is CCCCCCCCCCCCP(CC(CC)CCCC)(CC(CC)CCCC)(CC(CC)CCCC)N(S(=O)(=O)C(F)(F)F)S(=O)(=O)C(F)(F)F. The molecule has 0 aromatic rings. The first kappa shape index (κ1) is 51.9. The third-order valence-corrected chi connectivity index (χ3v) is 25.3. The van der Waals surface area contributed by atoms with Crippen LogP contribution in [0.2, 0.25) is 0 Å². The molecule has 3 unspecified atom stereocenters. The predicted molar refractivity (Wildman–Crippen MR) is 210 cm³/mol. The Morgan fingerprint density at radius 3 is 0.962 bits per heavy atom. The van der Waals surface area contributed by atoms with Crippen LogP contribution < -0.4 is 0 Å². The molecule has 0 heterocycles. The third kappa shape index (κ3) is 15.4. The zero-order chi connectivity index (χ0) is 40.1. The maximum absolute atomic E-state index is 15.0. The molecule has 0 rings (SSSR count). The number of rotatable bonds is 32. The van der Waals surface area contributed by atoms with E-state index in [0.717, 1.165) is 64.2 Å². The number of hydrogen-bond donors (Lipinski definition) is 0. The van der Waals surface area contributed by atoms with Crippen LogP contribution in [0.3, 0.4) is 0 Å². The zero-order valence-electron chi connectivity index (χ0n) is 33.7. The van der Waals surface area contributed by atoms with Gasteiger partial charge in [-0.25, -0.2) is 0 Å². The topological polar surface area (TPSA) is 71.5 Å². The normalized spacial score (nSPS) is 16.2. The molecule has 0 bridgehead atoms. The van der Waals surface area contributed by atoms with Crippen LogP contribution in [0.1, 0.15) is 190 Å². The third-order valence-electron chi connectivity index (χ3n) is 11.4. The predicted octanol–water partition coefficient (Wildman–Crippen LogP) is 14.0. The Hall–Kier alpha value is -0.130. The van der Waals surface area contributed by atoms with E-state index in [9.17, 15) is 43.2 Å². The quantitative estimate of drug-likeness (QED) is 0.0385. The summed E-state index contributed by atoms with van der Waals surface area (Å²) in [5.41, 5.74) is -12.5.